The van der Waals surface area contributed by atoms with Gasteiger partial charge in [-0.15, -0.1) is 0 Å². The van der Waals surface area contributed by atoms with Gasteiger partial charge in [0, 0.05) is 16.5 Å². The van der Waals surface area contributed by atoms with Gasteiger partial charge in [0.15, 0.2) is 17.3 Å². The van der Waals surface area contributed by atoms with Crippen LogP contribution in [0.1, 0.15) is 11.4 Å². The van der Waals surface area contributed by atoms with E-state index in [1.54, 1.807) is 14.2 Å². The predicted molar refractivity (Wildman–Crippen MR) is 89.8 cm³/mol. The molecule has 0 aliphatic carbocycles. The number of aromatic nitrogens is 2. The van der Waals surface area contributed by atoms with E-state index in [1.165, 1.54) is 0 Å². The Balaban J connectivity index is 1.82. The number of benzene rings is 2. The standard InChI is InChI=1S/C17H15BrN2O3/c1-21-14-7-6-11(8-15(14)22-2)9-16-19-17(23-20-16)12-4-3-5-13(18)10-12/h3-8,10H,9H2,1-2H3. The Morgan fingerprint density at radius 3 is 2.61 bits per heavy atom. The molecule has 1 aromatic heterocycles. The van der Waals surface area contributed by atoms with Gasteiger partial charge in [0.2, 0.25) is 0 Å². The minimum atomic E-state index is 0.502. The molecule has 2 aromatic carbocycles. The average Bonchev–Trinajstić information content (AvgIpc) is 3.03. The monoisotopic (exact) mass is 374 g/mol. The summed E-state index contributed by atoms with van der Waals surface area (Å²) in [5.41, 5.74) is 1.90. The second-order valence-corrected chi connectivity index (χ2v) is 5.81. The lowest BCUT2D eigenvalue weighted by Crippen LogP contribution is -1.95. The maximum absolute atomic E-state index is 5.34. The van der Waals surface area contributed by atoms with Crippen molar-refractivity contribution in [3.05, 3.63) is 58.3 Å². The second kappa shape index (κ2) is 6.83. The number of halogens is 1. The van der Waals surface area contributed by atoms with E-state index < -0.39 is 0 Å². The topological polar surface area (TPSA) is 57.4 Å². The zero-order valence-corrected chi connectivity index (χ0v) is 14.3. The molecule has 3 rings (SSSR count). The second-order valence-electron chi connectivity index (χ2n) is 4.89. The van der Waals surface area contributed by atoms with Crippen LogP contribution in [0.2, 0.25) is 0 Å². The van der Waals surface area contributed by atoms with Crippen LogP contribution >= 0.6 is 15.9 Å². The molecular weight excluding hydrogens is 360 g/mol. The van der Waals surface area contributed by atoms with Crippen LogP contribution in [0.15, 0.2) is 51.5 Å². The summed E-state index contributed by atoms with van der Waals surface area (Å²) in [6, 6.07) is 13.5. The highest BCUT2D eigenvalue weighted by molar-refractivity contribution is 9.10. The van der Waals surface area contributed by atoms with Crippen LogP contribution in [0, 0.1) is 0 Å². The zero-order chi connectivity index (χ0) is 16.2. The highest BCUT2D eigenvalue weighted by Crippen LogP contribution is 2.28. The van der Waals surface area contributed by atoms with Crippen LogP contribution < -0.4 is 9.47 Å². The fourth-order valence-electron chi connectivity index (χ4n) is 2.24. The molecule has 1 heterocycles. The van der Waals surface area contributed by atoms with Crippen molar-refractivity contribution < 1.29 is 14.0 Å². The normalized spacial score (nSPS) is 10.6. The van der Waals surface area contributed by atoms with Crippen LogP contribution in [0.3, 0.4) is 0 Å². The first kappa shape index (κ1) is 15.6. The van der Waals surface area contributed by atoms with Crippen LogP contribution in [-0.4, -0.2) is 24.4 Å². The molecule has 0 bridgehead atoms. The maximum atomic E-state index is 5.34. The van der Waals surface area contributed by atoms with Gasteiger partial charge in [0.1, 0.15) is 0 Å². The van der Waals surface area contributed by atoms with Gasteiger partial charge in [-0.05, 0) is 35.9 Å². The van der Waals surface area contributed by atoms with Crippen molar-refractivity contribution in [3.8, 4) is 23.0 Å². The fraction of sp³-hybridized carbons (Fsp3) is 0.176. The highest BCUT2D eigenvalue weighted by Gasteiger charge is 2.11. The molecule has 3 aromatic rings. The molecule has 5 nitrogen and oxygen atoms in total. The van der Waals surface area contributed by atoms with E-state index in [4.69, 9.17) is 14.0 Å². The number of nitrogens with zero attached hydrogens (tertiary/aromatic N) is 2. The largest absolute Gasteiger partial charge is 0.493 e. The van der Waals surface area contributed by atoms with E-state index in [-0.39, 0.29) is 0 Å². The lowest BCUT2D eigenvalue weighted by atomic mass is 10.1. The van der Waals surface area contributed by atoms with Crippen molar-refractivity contribution in [1.82, 2.24) is 10.1 Å². The van der Waals surface area contributed by atoms with Crippen molar-refractivity contribution in [2.24, 2.45) is 0 Å². The van der Waals surface area contributed by atoms with E-state index in [2.05, 4.69) is 26.1 Å². The predicted octanol–water partition coefficient (Wildman–Crippen LogP) is 4.11. The third-order valence-electron chi connectivity index (χ3n) is 3.35. The summed E-state index contributed by atoms with van der Waals surface area (Å²) in [5, 5.41) is 4.04. The molecule has 0 fully saturated rings. The Labute approximate surface area is 142 Å². The summed E-state index contributed by atoms with van der Waals surface area (Å²) < 4.78 is 16.9. The van der Waals surface area contributed by atoms with Crippen molar-refractivity contribution in [3.63, 3.8) is 0 Å². The van der Waals surface area contributed by atoms with Crippen molar-refractivity contribution >= 4 is 15.9 Å². The van der Waals surface area contributed by atoms with Gasteiger partial charge < -0.3 is 14.0 Å². The number of hydrogen-bond donors (Lipinski definition) is 0. The number of ether oxygens (including phenoxy) is 2. The minimum Gasteiger partial charge on any atom is -0.493 e. The molecule has 0 atom stereocenters. The molecule has 0 aliphatic rings. The summed E-state index contributed by atoms with van der Waals surface area (Å²) in [4.78, 5) is 4.44. The maximum Gasteiger partial charge on any atom is 0.257 e. The van der Waals surface area contributed by atoms with Gasteiger partial charge >= 0.3 is 0 Å². The smallest absolute Gasteiger partial charge is 0.257 e. The first-order valence-corrected chi connectivity index (χ1v) is 7.78. The molecule has 0 N–H and O–H groups in total. The minimum absolute atomic E-state index is 0.502. The molecule has 0 amide bonds. The highest BCUT2D eigenvalue weighted by atomic mass is 79.9. The summed E-state index contributed by atoms with van der Waals surface area (Å²) in [6.45, 7) is 0. The molecule has 0 spiro atoms. The van der Waals surface area contributed by atoms with Gasteiger partial charge in [-0.3, -0.25) is 0 Å². The Kier molecular flexibility index (Phi) is 4.62. The summed E-state index contributed by atoms with van der Waals surface area (Å²) in [7, 11) is 3.22. The fourth-order valence-corrected chi connectivity index (χ4v) is 2.64. The van der Waals surface area contributed by atoms with Gasteiger partial charge in [-0.1, -0.05) is 33.2 Å². The molecule has 0 saturated carbocycles. The first-order valence-electron chi connectivity index (χ1n) is 6.99. The molecule has 6 heteroatoms. The van der Waals surface area contributed by atoms with Crippen LogP contribution in [0.5, 0.6) is 11.5 Å². The Bertz CT molecular complexity index is 817. The quantitative estimate of drug-likeness (QED) is 0.672. The van der Waals surface area contributed by atoms with E-state index in [1.807, 2.05) is 42.5 Å². The van der Waals surface area contributed by atoms with Gasteiger partial charge in [0.05, 0.1) is 14.2 Å². The van der Waals surface area contributed by atoms with Crippen molar-refractivity contribution in [2.75, 3.05) is 14.2 Å². The Morgan fingerprint density at radius 2 is 1.87 bits per heavy atom. The van der Waals surface area contributed by atoms with Crippen LogP contribution in [0.25, 0.3) is 11.5 Å². The molecule has 23 heavy (non-hydrogen) atoms. The average molecular weight is 375 g/mol. The number of rotatable bonds is 5. The van der Waals surface area contributed by atoms with E-state index in [9.17, 15) is 0 Å². The lowest BCUT2D eigenvalue weighted by Gasteiger charge is -2.08. The molecule has 0 aliphatic heterocycles. The Morgan fingerprint density at radius 1 is 1.04 bits per heavy atom. The molecule has 118 valence electrons. The van der Waals surface area contributed by atoms with E-state index >= 15 is 0 Å². The molecular formula is C17H15BrN2O3. The van der Waals surface area contributed by atoms with Crippen molar-refractivity contribution in [1.29, 1.82) is 0 Å². The molecule has 0 unspecified atom stereocenters. The lowest BCUT2D eigenvalue weighted by molar-refractivity contribution is 0.354. The summed E-state index contributed by atoms with van der Waals surface area (Å²) in [5.74, 6) is 2.49. The van der Waals surface area contributed by atoms with Crippen molar-refractivity contribution in [2.45, 2.75) is 6.42 Å². The van der Waals surface area contributed by atoms with Crippen LogP contribution in [0.4, 0.5) is 0 Å². The number of hydrogen-bond acceptors (Lipinski definition) is 5. The van der Waals surface area contributed by atoms with E-state index in [0.717, 1.165) is 15.6 Å². The third-order valence-corrected chi connectivity index (χ3v) is 3.84. The van der Waals surface area contributed by atoms with E-state index in [0.29, 0.717) is 29.6 Å². The van der Waals surface area contributed by atoms with Gasteiger partial charge in [-0.25, -0.2) is 0 Å². The zero-order valence-electron chi connectivity index (χ0n) is 12.7. The Hall–Kier alpha value is -2.34. The van der Waals surface area contributed by atoms with Gasteiger partial charge in [0.25, 0.3) is 5.89 Å². The first-order chi connectivity index (χ1) is 11.2. The molecule has 0 radical (unpaired) electrons. The number of methoxy groups -OCH3 is 2. The molecule has 0 saturated heterocycles. The summed E-state index contributed by atoms with van der Waals surface area (Å²) >= 11 is 3.43. The van der Waals surface area contributed by atoms with Crippen LogP contribution in [-0.2, 0) is 6.42 Å². The SMILES string of the molecule is COc1ccc(Cc2noc(-c3cccc(Br)c3)n2)cc1OC. The third kappa shape index (κ3) is 3.53. The summed E-state index contributed by atoms with van der Waals surface area (Å²) in [6.07, 6.45) is 0.553. The van der Waals surface area contributed by atoms with Gasteiger partial charge in [-0.2, -0.15) is 4.98 Å².